The molecule has 0 heterocycles. The Bertz CT molecular complexity index is 1540. The zero-order chi connectivity index (χ0) is 31.9. The van der Waals surface area contributed by atoms with Crippen LogP contribution in [0.15, 0.2) is 66.7 Å². The number of amides is 2. The van der Waals surface area contributed by atoms with Gasteiger partial charge >= 0.3 is 0 Å². The standard InChI is InChI=1S/C32H38Cl3N3O4S/c1-22-13-15-26(34)20-28(22)38(43(5,41)42)17-9-12-30(39)37(21-24-14-16-25(33)19-27(24)35)29(31(40)36-32(2,3)4)18-23-10-7-6-8-11-23/h6-8,10-11,13-16,19-20,29H,9,12,17-18,21H2,1-5H3,(H,36,40)/t29-/m1/s1. The van der Waals surface area contributed by atoms with Gasteiger partial charge in [-0.1, -0.05) is 77.3 Å². The summed E-state index contributed by atoms with van der Waals surface area (Å²) in [6.07, 6.45) is 1.60. The summed E-state index contributed by atoms with van der Waals surface area (Å²) < 4.78 is 26.8. The fraction of sp³-hybridized carbons (Fsp3) is 0.375. The molecule has 3 aromatic carbocycles. The number of sulfonamides is 1. The first-order chi connectivity index (χ1) is 20.0. The van der Waals surface area contributed by atoms with Crippen molar-refractivity contribution in [1.82, 2.24) is 10.2 Å². The predicted octanol–water partition coefficient (Wildman–Crippen LogP) is 7.06. The van der Waals surface area contributed by atoms with Crippen LogP contribution in [0.1, 0.15) is 50.3 Å². The number of carbonyl (C=O) groups is 2. The van der Waals surface area contributed by atoms with E-state index in [1.807, 2.05) is 51.1 Å². The molecule has 7 nitrogen and oxygen atoms in total. The Morgan fingerprint density at radius 1 is 0.930 bits per heavy atom. The highest BCUT2D eigenvalue weighted by Gasteiger charge is 2.32. The number of halogens is 3. The van der Waals surface area contributed by atoms with E-state index in [9.17, 15) is 18.0 Å². The first-order valence-electron chi connectivity index (χ1n) is 13.9. The molecule has 0 aliphatic carbocycles. The molecule has 3 aromatic rings. The zero-order valence-corrected chi connectivity index (χ0v) is 28.1. The van der Waals surface area contributed by atoms with Gasteiger partial charge in [-0.05, 0) is 75.1 Å². The van der Waals surface area contributed by atoms with Gasteiger partial charge in [0.2, 0.25) is 21.8 Å². The monoisotopic (exact) mass is 665 g/mol. The molecule has 0 spiro atoms. The van der Waals surface area contributed by atoms with Crippen molar-refractivity contribution in [3.8, 4) is 0 Å². The SMILES string of the molecule is Cc1ccc(Cl)cc1N(CCCC(=O)N(Cc1ccc(Cl)cc1Cl)[C@H](Cc1ccccc1)C(=O)NC(C)(C)C)S(C)(=O)=O. The predicted molar refractivity (Wildman–Crippen MR) is 176 cm³/mol. The van der Waals surface area contributed by atoms with Crippen LogP contribution in [-0.2, 0) is 32.6 Å². The number of nitrogens with one attached hydrogen (secondary N) is 1. The van der Waals surface area contributed by atoms with Gasteiger partial charge in [0.25, 0.3) is 0 Å². The molecular weight excluding hydrogens is 629 g/mol. The maximum Gasteiger partial charge on any atom is 0.243 e. The van der Waals surface area contributed by atoms with Gasteiger partial charge in [0.1, 0.15) is 6.04 Å². The molecule has 0 saturated carbocycles. The summed E-state index contributed by atoms with van der Waals surface area (Å²) in [6, 6.07) is 18.7. The topological polar surface area (TPSA) is 86.8 Å². The lowest BCUT2D eigenvalue weighted by Gasteiger charge is -2.34. The van der Waals surface area contributed by atoms with E-state index in [2.05, 4.69) is 5.32 Å². The normalized spacial score (nSPS) is 12.5. The van der Waals surface area contributed by atoms with E-state index in [1.165, 1.54) is 9.21 Å². The molecule has 232 valence electrons. The summed E-state index contributed by atoms with van der Waals surface area (Å²) in [5.74, 6) is -0.616. The van der Waals surface area contributed by atoms with E-state index in [0.29, 0.717) is 26.3 Å². The van der Waals surface area contributed by atoms with Gasteiger partial charge in [-0.2, -0.15) is 0 Å². The molecule has 43 heavy (non-hydrogen) atoms. The summed E-state index contributed by atoms with van der Waals surface area (Å²) in [5, 5.41) is 4.26. The zero-order valence-electron chi connectivity index (χ0n) is 25.0. The molecule has 0 aliphatic heterocycles. The average Bonchev–Trinajstić information content (AvgIpc) is 2.90. The summed E-state index contributed by atoms with van der Waals surface area (Å²) in [7, 11) is -3.67. The fourth-order valence-electron chi connectivity index (χ4n) is 4.67. The molecule has 2 amide bonds. The van der Waals surface area contributed by atoms with Gasteiger partial charge in [-0.25, -0.2) is 8.42 Å². The Balaban J connectivity index is 1.95. The summed E-state index contributed by atoms with van der Waals surface area (Å²) in [4.78, 5) is 29.3. The first kappa shape index (κ1) is 34.7. The lowest BCUT2D eigenvalue weighted by atomic mass is 10.00. The Labute approximate surface area is 270 Å². The summed E-state index contributed by atoms with van der Waals surface area (Å²) in [6.45, 7) is 7.55. The largest absolute Gasteiger partial charge is 0.350 e. The van der Waals surface area contributed by atoms with Gasteiger partial charge in [-0.3, -0.25) is 13.9 Å². The number of nitrogens with zero attached hydrogens (tertiary/aromatic N) is 2. The van der Waals surface area contributed by atoms with E-state index in [-0.39, 0.29) is 44.2 Å². The maximum absolute atomic E-state index is 14.0. The molecule has 0 bridgehead atoms. The van der Waals surface area contributed by atoms with Crippen molar-refractivity contribution >= 4 is 62.3 Å². The lowest BCUT2D eigenvalue weighted by Crippen LogP contribution is -2.54. The minimum absolute atomic E-state index is 0.00900. The Morgan fingerprint density at radius 2 is 1.56 bits per heavy atom. The van der Waals surface area contributed by atoms with Crippen LogP contribution in [0.4, 0.5) is 5.69 Å². The Hall–Kier alpha value is -2.78. The third kappa shape index (κ3) is 10.4. The fourth-order valence-corrected chi connectivity index (χ4v) is 6.32. The van der Waals surface area contributed by atoms with Crippen molar-refractivity contribution in [3.63, 3.8) is 0 Å². The van der Waals surface area contributed by atoms with Crippen molar-refractivity contribution in [2.75, 3.05) is 17.1 Å². The van der Waals surface area contributed by atoms with Crippen molar-refractivity contribution in [2.24, 2.45) is 0 Å². The van der Waals surface area contributed by atoms with Crippen molar-refractivity contribution in [3.05, 3.63) is 98.5 Å². The van der Waals surface area contributed by atoms with E-state index in [4.69, 9.17) is 34.8 Å². The number of aryl methyl sites for hydroxylation is 1. The van der Waals surface area contributed by atoms with Crippen LogP contribution in [0.3, 0.4) is 0 Å². The summed E-state index contributed by atoms with van der Waals surface area (Å²) in [5.41, 5.74) is 2.17. The Kier molecular flexibility index (Phi) is 11.9. The van der Waals surface area contributed by atoms with Crippen molar-refractivity contribution in [1.29, 1.82) is 0 Å². The maximum atomic E-state index is 14.0. The second-order valence-electron chi connectivity index (χ2n) is 11.6. The molecule has 0 saturated heterocycles. The second kappa shape index (κ2) is 14.8. The second-order valence-corrected chi connectivity index (χ2v) is 14.8. The highest BCUT2D eigenvalue weighted by molar-refractivity contribution is 7.92. The van der Waals surface area contributed by atoms with E-state index in [1.54, 1.807) is 43.3 Å². The number of carbonyl (C=O) groups excluding carboxylic acids is 2. The molecule has 0 unspecified atom stereocenters. The first-order valence-corrected chi connectivity index (χ1v) is 16.9. The van der Waals surface area contributed by atoms with Gasteiger partial charge < -0.3 is 10.2 Å². The van der Waals surface area contributed by atoms with E-state index < -0.39 is 21.6 Å². The molecule has 11 heteroatoms. The van der Waals surface area contributed by atoms with Crippen LogP contribution in [-0.4, -0.2) is 49.5 Å². The van der Waals surface area contributed by atoms with Crippen LogP contribution in [0, 0.1) is 6.92 Å². The quantitative estimate of drug-likeness (QED) is 0.224. The number of benzene rings is 3. The molecule has 0 radical (unpaired) electrons. The molecule has 1 N–H and O–H groups in total. The van der Waals surface area contributed by atoms with Crippen LogP contribution in [0.25, 0.3) is 0 Å². The smallest absolute Gasteiger partial charge is 0.243 e. The highest BCUT2D eigenvalue weighted by Crippen LogP contribution is 2.28. The lowest BCUT2D eigenvalue weighted by molar-refractivity contribution is -0.142. The van der Waals surface area contributed by atoms with Gasteiger partial charge in [0.15, 0.2) is 0 Å². The third-order valence-corrected chi connectivity index (χ3v) is 8.72. The molecular formula is C32H38Cl3N3O4S. The minimum Gasteiger partial charge on any atom is -0.350 e. The molecule has 0 fully saturated rings. The Morgan fingerprint density at radius 3 is 2.16 bits per heavy atom. The minimum atomic E-state index is -3.67. The molecule has 0 aliphatic rings. The molecule has 0 aromatic heterocycles. The molecule has 3 rings (SSSR count). The van der Waals surface area contributed by atoms with E-state index >= 15 is 0 Å². The van der Waals surface area contributed by atoms with Crippen molar-refractivity contribution < 1.29 is 18.0 Å². The number of rotatable bonds is 12. The van der Waals surface area contributed by atoms with Crippen LogP contribution < -0.4 is 9.62 Å². The summed E-state index contributed by atoms with van der Waals surface area (Å²) >= 11 is 18.8. The van der Waals surface area contributed by atoms with Crippen LogP contribution in [0.5, 0.6) is 0 Å². The third-order valence-electron chi connectivity index (χ3n) is 6.72. The number of hydrogen-bond donors (Lipinski definition) is 1. The van der Waals surface area contributed by atoms with Crippen LogP contribution >= 0.6 is 34.8 Å². The molecule has 1 atom stereocenters. The van der Waals surface area contributed by atoms with E-state index in [0.717, 1.165) is 17.4 Å². The van der Waals surface area contributed by atoms with Gasteiger partial charge in [-0.15, -0.1) is 0 Å². The number of hydrogen-bond acceptors (Lipinski definition) is 4. The van der Waals surface area contributed by atoms with Crippen molar-refractivity contribution in [2.45, 2.75) is 65.1 Å². The van der Waals surface area contributed by atoms with Gasteiger partial charge in [0, 0.05) is 46.5 Å². The van der Waals surface area contributed by atoms with Gasteiger partial charge in [0.05, 0.1) is 11.9 Å². The average molecular weight is 667 g/mol. The van der Waals surface area contributed by atoms with Crippen LogP contribution in [0.2, 0.25) is 15.1 Å². The number of anilines is 1. The highest BCUT2D eigenvalue weighted by atomic mass is 35.5.